The maximum Gasteiger partial charge on any atom is 0.416 e. The third-order valence-electron chi connectivity index (χ3n) is 6.34. The summed E-state index contributed by atoms with van der Waals surface area (Å²) in [5.74, 6) is -1.49. The second kappa shape index (κ2) is 12.6. The summed E-state index contributed by atoms with van der Waals surface area (Å²) in [6.45, 7) is 1.86. The van der Waals surface area contributed by atoms with Crippen molar-refractivity contribution in [3.63, 3.8) is 0 Å². The normalized spacial score (nSPS) is 12.5. The van der Waals surface area contributed by atoms with Crippen molar-refractivity contribution in [1.82, 2.24) is 5.32 Å². The molecule has 9 heteroatoms. The average molecular weight is 551 g/mol. The number of fused-ring (bicyclic) bond motifs is 1. The molecule has 0 fully saturated rings. The van der Waals surface area contributed by atoms with Gasteiger partial charge in [-0.1, -0.05) is 48.5 Å². The van der Waals surface area contributed by atoms with Gasteiger partial charge in [-0.25, -0.2) is 9.18 Å². The second-order valence-electron chi connectivity index (χ2n) is 9.19. The maximum atomic E-state index is 12.8. The van der Waals surface area contributed by atoms with Crippen molar-refractivity contribution < 1.29 is 32.3 Å². The number of carbonyl (C=O) groups excluding carboxylic acids is 1. The van der Waals surface area contributed by atoms with E-state index >= 15 is 0 Å². The van der Waals surface area contributed by atoms with Crippen LogP contribution in [-0.2, 0) is 30.4 Å². The van der Waals surface area contributed by atoms with Crippen LogP contribution in [0.15, 0.2) is 91.0 Å². The SMILES string of the molecule is O=C(Cc1ccc(F)cc1)Nc1ccc2c(c1)CCNC2.O=C(O)c1ccccc1-c1ccc(C(F)(F)F)cc1. The molecule has 4 aromatic rings. The number of nitrogens with one attached hydrogen (secondary N) is 2. The topological polar surface area (TPSA) is 78.4 Å². The molecule has 3 N–H and O–H groups in total. The molecule has 0 radical (unpaired) electrons. The van der Waals surface area contributed by atoms with E-state index < -0.39 is 17.7 Å². The van der Waals surface area contributed by atoms with Crippen molar-refractivity contribution in [2.45, 2.75) is 25.6 Å². The fraction of sp³-hybridized carbons (Fsp3) is 0.161. The van der Waals surface area contributed by atoms with E-state index in [9.17, 15) is 27.2 Å². The first-order chi connectivity index (χ1) is 19.1. The van der Waals surface area contributed by atoms with Crippen LogP contribution in [0.1, 0.15) is 32.6 Å². The lowest BCUT2D eigenvalue weighted by Crippen LogP contribution is -2.23. The largest absolute Gasteiger partial charge is 0.478 e. The minimum absolute atomic E-state index is 0.0576. The summed E-state index contributed by atoms with van der Waals surface area (Å²) in [4.78, 5) is 23.1. The summed E-state index contributed by atoms with van der Waals surface area (Å²) in [7, 11) is 0. The van der Waals surface area contributed by atoms with Crippen LogP contribution in [0.3, 0.4) is 0 Å². The lowest BCUT2D eigenvalue weighted by molar-refractivity contribution is -0.137. The fourth-order valence-electron chi connectivity index (χ4n) is 4.31. The lowest BCUT2D eigenvalue weighted by atomic mass is 9.99. The summed E-state index contributed by atoms with van der Waals surface area (Å²) in [6.07, 6.45) is -3.17. The van der Waals surface area contributed by atoms with Gasteiger partial charge in [0.15, 0.2) is 0 Å². The van der Waals surface area contributed by atoms with Gasteiger partial charge in [-0.2, -0.15) is 13.2 Å². The summed E-state index contributed by atoms with van der Waals surface area (Å²) >= 11 is 0. The smallest absolute Gasteiger partial charge is 0.416 e. The molecule has 0 aromatic heterocycles. The zero-order valence-corrected chi connectivity index (χ0v) is 21.3. The first-order valence-corrected chi connectivity index (χ1v) is 12.5. The van der Waals surface area contributed by atoms with Crippen LogP contribution >= 0.6 is 0 Å². The van der Waals surface area contributed by atoms with Gasteiger partial charge in [0.25, 0.3) is 0 Å². The molecule has 0 saturated heterocycles. The Morgan fingerprint density at radius 2 is 1.57 bits per heavy atom. The summed E-state index contributed by atoms with van der Waals surface area (Å²) < 4.78 is 50.1. The van der Waals surface area contributed by atoms with Gasteiger partial charge in [0.2, 0.25) is 5.91 Å². The molecule has 0 saturated carbocycles. The Labute approximate surface area is 228 Å². The molecular weight excluding hydrogens is 524 g/mol. The molecule has 1 aliphatic heterocycles. The van der Waals surface area contributed by atoms with Crippen molar-refractivity contribution >= 4 is 17.6 Å². The fourth-order valence-corrected chi connectivity index (χ4v) is 4.31. The van der Waals surface area contributed by atoms with Crippen LogP contribution in [0.4, 0.5) is 23.2 Å². The second-order valence-corrected chi connectivity index (χ2v) is 9.19. The predicted molar refractivity (Wildman–Crippen MR) is 144 cm³/mol. The van der Waals surface area contributed by atoms with E-state index in [4.69, 9.17) is 5.11 Å². The first-order valence-electron chi connectivity index (χ1n) is 12.5. The highest BCUT2D eigenvalue weighted by molar-refractivity contribution is 5.96. The number of carboxylic acids is 1. The van der Waals surface area contributed by atoms with E-state index in [-0.39, 0.29) is 23.7 Å². The molecular formula is C31H26F4N2O3. The Balaban J connectivity index is 0.000000186. The maximum absolute atomic E-state index is 12.8. The van der Waals surface area contributed by atoms with Crippen LogP contribution < -0.4 is 10.6 Å². The van der Waals surface area contributed by atoms with Crippen LogP contribution in [0.2, 0.25) is 0 Å². The highest BCUT2D eigenvalue weighted by atomic mass is 19.4. The number of carboxylic acid groups (broad SMARTS) is 1. The van der Waals surface area contributed by atoms with Crippen LogP contribution in [0, 0.1) is 5.82 Å². The van der Waals surface area contributed by atoms with Gasteiger partial charge in [0.05, 0.1) is 17.5 Å². The number of halogens is 4. The number of anilines is 1. The van der Waals surface area contributed by atoms with Gasteiger partial charge >= 0.3 is 12.1 Å². The summed E-state index contributed by atoms with van der Waals surface area (Å²) in [6, 6.07) is 22.6. The minimum Gasteiger partial charge on any atom is -0.478 e. The molecule has 40 heavy (non-hydrogen) atoms. The van der Waals surface area contributed by atoms with E-state index in [0.29, 0.717) is 11.1 Å². The van der Waals surface area contributed by atoms with Crippen molar-refractivity contribution in [1.29, 1.82) is 0 Å². The molecule has 0 unspecified atom stereocenters. The number of hydrogen-bond donors (Lipinski definition) is 3. The quantitative estimate of drug-likeness (QED) is 0.241. The van der Waals surface area contributed by atoms with Crippen LogP contribution in [0.25, 0.3) is 11.1 Å². The number of benzene rings is 4. The molecule has 5 nitrogen and oxygen atoms in total. The van der Waals surface area contributed by atoms with E-state index in [1.807, 2.05) is 12.1 Å². The Bertz CT molecular complexity index is 1480. The number of aromatic carboxylic acids is 1. The minimum atomic E-state index is -4.40. The molecule has 4 aromatic carbocycles. The number of hydrogen-bond acceptors (Lipinski definition) is 3. The molecule has 1 aliphatic rings. The molecule has 1 heterocycles. The van der Waals surface area contributed by atoms with Gasteiger partial charge in [-0.3, -0.25) is 4.79 Å². The van der Waals surface area contributed by atoms with E-state index in [1.165, 1.54) is 41.5 Å². The molecule has 0 aliphatic carbocycles. The number of carbonyl (C=O) groups is 2. The van der Waals surface area contributed by atoms with Crippen molar-refractivity contribution in [2.24, 2.45) is 0 Å². The standard InChI is InChI=1S/C17H17FN2O.C14H9F3O2/c18-15-4-1-12(2-5-15)9-17(21)20-16-6-3-14-11-19-8-7-13(14)10-16;15-14(16,17)10-7-5-9(6-8-10)11-3-1-2-4-12(11)13(18)19/h1-6,10,19H,7-9,11H2,(H,20,21);1-8H,(H,18,19). The van der Waals surface area contributed by atoms with E-state index in [2.05, 4.69) is 16.7 Å². The Hall–Kier alpha value is -4.50. The Kier molecular flexibility index (Phi) is 8.96. The molecule has 0 atom stereocenters. The van der Waals surface area contributed by atoms with Gasteiger partial charge in [-0.05, 0) is 83.2 Å². The zero-order chi connectivity index (χ0) is 28.7. The molecule has 206 valence electrons. The Morgan fingerprint density at radius 3 is 2.25 bits per heavy atom. The molecule has 5 rings (SSSR count). The number of rotatable bonds is 5. The Morgan fingerprint density at radius 1 is 0.875 bits per heavy atom. The number of amides is 1. The number of alkyl halides is 3. The lowest BCUT2D eigenvalue weighted by Gasteiger charge is -2.18. The van der Waals surface area contributed by atoms with Crippen molar-refractivity contribution in [3.8, 4) is 11.1 Å². The summed E-state index contributed by atoms with van der Waals surface area (Å²) in [5.41, 5.74) is 4.32. The third kappa shape index (κ3) is 7.54. The molecule has 1 amide bonds. The highest BCUT2D eigenvalue weighted by Gasteiger charge is 2.30. The van der Waals surface area contributed by atoms with Crippen molar-refractivity contribution in [2.75, 3.05) is 11.9 Å². The third-order valence-corrected chi connectivity index (χ3v) is 6.34. The van der Waals surface area contributed by atoms with Gasteiger partial charge in [0.1, 0.15) is 5.82 Å². The zero-order valence-electron chi connectivity index (χ0n) is 21.3. The van der Waals surface area contributed by atoms with Gasteiger partial charge in [-0.15, -0.1) is 0 Å². The van der Waals surface area contributed by atoms with Gasteiger partial charge in [0, 0.05) is 12.2 Å². The van der Waals surface area contributed by atoms with Crippen molar-refractivity contribution in [3.05, 3.63) is 125 Å². The van der Waals surface area contributed by atoms with Gasteiger partial charge < -0.3 is 15.7 Å². The summed E-state index contributed by atoms with van der Waals surface area (Å²) in [5, 5.41) is 15.3. The highest BCUT2D eigenvalue weighted by Crippen LogP contribution is 2.31. The molecule has 0 bridgehead atoms. The molecule has 0 spiro atoms. The predicted octanol–water partition coefficient (Wildman–Crippen LogP) is 6.72. The first kappa shape index (κ1) is 28.5. The van der Waals surface area contributed by atoms with E-state index in [1.54, 1.807) is 30.3 Å². The van der Waals surface area contributed by atoms with Crippen LogP contribution in [-0.4, -0.2) is 23.5 Å². The average Bonchev–Trinajstić information content (AvgIpc) is 2.94. The van der Waals surface area contributed by atoms with E-state index in [0.717, 1.165) is 42.9 Å². The monoisotopic (exact) mass is 550 g/mol. The van der Waals surface area contributed by atoms with Crippen LogP contribution in [0.5, 0.6) is 0 Å².